The number of aromatic hydroxyl groups is 1. The van der Waals surface area contributed by atoms with Crippen LogP contribution in [0.2, 0.25) is 0 Å². The molecule has 0 atom stereocenters. The Morgan fingerprint density at radius 3 is 2.86 bits per heavy atom. The molecular formula is C14H18N4O2S. The SMILES string of the molecule is CC(C)n1c(CCNC(=O)c2ccccc2O)n[nH]c1=S. The van der Waals surface area contributed by atoms with Crippen molar-refractivity contribution >= 4 is 18.1 Å². The van der Waals surface area contributed by atoms with Crippen LogP contribution in [0.15, 0.2) is 24.3 Å². The van der Waals surface area contributed by atoms with E-state index in [1.54, 1.807) is 18.2 Å². The van der Waals surface area contributed by atoms with E-state index < -0.39 is 0 Å². The van der Waals surface area contributed by atoms with E-state index in [9.17, 15) is 9.90 Å². The van der Waals surface area contributed by atoms with Gasteiger partial charge in [0, 0.05) is 19.0 Å². The fourth-order valence-electron chi connectivity index (χ4n) is 2.09. The van der Waals surface area contributed by atoms with Crippen LogP contribution in [0.25, 0.3) is 0 Å². The zero-order valence-corrected chi connectivity index (χ0v) is 12.8. The summed E-state index contributed by atoms with van der Waals surface area (Å²) in [5.74, 6) is 0.464. The minimum Gasteiger partial charge on any atom is -0.507 e. The highest BCUT2D eigenvalue weighted by molar-refractivity contribution is 7.71. The molecule has 3 N–H and O–H groups in total. The molecule has 0 fully saturated rings. The highest BCUT2D eigenvalue weighted by Gasteiger charge is 2.12. The van der Waals surface area contributed by atoms with Crippen molar-refractivity contribution in [3.8, 4) is 5.75 Å². The van der Waals surface area contributed by atoms with Crippen LogP contribution in [0.4, 0.5) is 0 Å². The lowest BCUT2D eigenvalue weighted by atomic mass is 10.2. The quantitative estimate of drug-likeness (QED) is 0.740. The standard InChI is InChI=1S/C14H18N4O2S/c1-9(2)18-12(16-17-14(18)21)7-8-15-13(20)10-5-3-4-6-11(10)19/h3-6,9,19H,7-8H2,1-2H3,(H,15,20)(H,17,21). The lowest BCUT2D eigenvalue weighted by Gasteiger charge is -2.11. The van der Waals surface area contributed by atoms with Crippen molar-refractivity contribution in [1.82, 2.24) is 20.1 Å². The lowest BCUT2D eigenvalue weighted by Crippen LogP contribution is -2.26. The Hall–Kier alpha value is -2.15. The number of H-pyrrole nitrogens is 1. The van der Waals surface area contributed by atoms with Crippen molar-refractivity contribution < 1.29 is 9.90 Å². The summed E-state index contributed by atoms with van der Waals surface area (Å²) < 4.78 is 2.49. The molecule has 1 heterocycles. The van der Waals surface area contributed by atoms with Gasteiger partial charge in [0.05, 0.1) is 5.56 Å². The van der Waals surface area contributed by atoms with Crippen LogP contribution in [0.5, 0.6) is 5.75 Å². The van der Waals surface area contributed by atoms with E-state index in [1.165, 1.54) is 6.07 Å². The van der Waals surface area contributed by atoms with Crippen LogP contribution in [-0.2, 0) is 6.42 Å². The van der Waals surface area contributed by atoms with Crippen molar-refractivity contribution in [3.05, 3.63) is 40.4 Å². The predicted octanol–water partition coefficient (Wildman–Crippen LogP) is 2.20. The number of nitrogens with one attached hydrogen (secondary N) is 2. The minimum absolute atomic E-state index is 0.0279. The number of amides is 1. The predicted molar refractivity (Wildman–Crippen MR) is 81.9 cm³/mol. The first-order chi connectivity index (χ1) is 10.0. The van der Waals surface area contributed by atoms with E-state index >= 15 is 0 Å². The molecule has 1 aromatic heterocycles. The fourth-order valence-corrected chi connectivity index (χ4v) is 2.46. The Labute approximate surface area is 127 Å². The molecule has 0 bridgehead atoms. The highest BCUT2D eigenvalue weighted by Crippen LogP contribution is 2.15. The number of hydrogen-bond acceptors (Lipinski definition) is 4. The van der Waals surface area contributed by atoms with E-state index in [4.69, 9.17) is 12.2 Å². The van der Waals surface area contributed by atoms with Gasteiger partial charge in [0.25, 0.3) is 5.91 Å². The van der Waals surface area contributed by atoms with E-state index in [-0.39, 0.29) is 23.3 Å². The number of hydrogen-bond donors (Lipinski definition) is 3. The van der Waals surface area contributed by atoms with Gasteiger partial charge in [-0.1, -0.05) is 12.1 Å². The second kappa shape index (κ2) is 6.53. The molecule has 6 nitrogen and oxygen atoms in total. The minimum atomic E-state index is -0.307. The van der Waals surface area contributed by atoms with Crippen LogP contribution in [0.3, 0.4) is 0 Å². The molecule has 1 aromatic carbocycles. The molecule has 2 aromatic rings. The van der Waals surface area contributed by atoms with Crippen LogP contribution in [0, 0.1) is 4.77 Å². The van der Waals surface area contributed by atoms with E-state index in [2.05, 4.69) is 15.5 Å². The van der Waals surface area contributed by atoms with Crippen molar-refractivity contribution in [3.63, 3.8) is 0 Å². The second-order valence-electron chi connectivity index (χ2n) is 4.93. The number of nitrogens with zero attached hydrogens (tertiary/aromatic N) is 2. The second-order valence-corrected chi connectivity index (χ2v) is 5.32. The smallest absolute Gasteiger partial charge is 0.255 e. The third-order valence-corrected chi connectivity index (χ3v) is 3.36. The van der Waals surface area contributed by atoms with E-state index in [0.29, 0.717) is 17.7 Å². The van der Waals surface area contributed by atoms with Gasteiger partial charge in [-0.2, -0.15) is 5.10 Å². The number of phenols is 1. The summed E-state index contributed by atoms with van der Waals surface area (Å²) >= 11 is 5.17. The molecule has 0 saturated heterocycles. The normalized spacial score (nSPS) is 10.8. The van der Waals surface area contributed by atoms with Gasteiger partial charge in [0.1, 0.15) is 11.6 Å². The summed E-state index contributed by atoms with van der Waals surface area (Å²) in [5, 5.41) is 19.3. The lowest BCUT2D eigenvalue weighted by molar-refractivity contribution is 0.0951. The molecule has 0 aliphatic carbocycles. The first-order valence-corrected chi connectivity index (χ1v) is 7.13. The van der Waals surface area contributed by atoms with Gasteiger partial charge in [0.15, 0.2) is 4.77 Å². The zero-order chi connectivity index (χ0) is 15.4. The average Bonchev–Trinajstić information content (AvgIpc) is 2.80. The van der Waals surface area contributed by atoms with Gasteiger partial charge in [0.2, 0.25) is 0 Å². The number of benzene rings is 1. The highest BCUT2D eigenvalue weighted by atomic mass is 32.1. The van der Waals surface area contributed by atoms with Gasteiger partial charge in [-0.05, 0) is 38.2 Å². The summed E-state index contributed by atoms with van der Waals surface area (Å²) in [7, 11) is 0. The Balaban J connectivity index is 1.98. The number of carbonyl (C=O) groups excluding carboxylic acids is 1. The summed E-state index contributed by atoms with van der Waals surface area (Å²) in [5.41, 5.74) is 0.264. The van der Waals surface area contributed by atoms with Crippen molar-refractivity contribution in [2.45, 2.75) is 26.3 Å². The zero-order valence-electron chi connectivity index (χ0n) is 12.0. The van der Waals surface area contributed by atoms with Crippen molar-refractivity contribution in [1.29, 1.82) is 0 Å². The first kappa shape index (κ1) is 15.2. The number of aromatic amines is 1. The van der Waals surface area contributed by atoms with Gasteiger partial charge in [-0.3, -0.25) is 9.89 Å². The molecule has 0 spiro atoms. The molecule has 0 radical (unpaired) electrons. The monoisotopic (exact) mass is 306 g/mol. The molecule has 0 aliphatic rings. The molecule has 0 unspecified atom stereocenters. The Kier molecular flexibility index (Phi) is 4.74. The first-order valence-electron chi connectivity index (χ1n) is 6.72. The fraction of sp³-hybridized carbons (Fsp3) is 0.357. The van der Waals surface area contributed by atoms with Gasteiger partial charge >= 0.3 is 0 Å². The van der Waals surface area contributed by atoms with Crippen LogP contribution >= 0.6 is 12.2 Å². The average molecular weight is 306 g/mol. The third-order valence-electron chi connectivity index (χ3n) is 3.08. The van der Waals surface area contributed by atoms with E-state index in [0.717, 1.165) is 5.82 Å². The molecule has 1 amide bonds. The van der Waals surface area contributed by atoms with Gasteiger partial charge in [-0.15, -0.1) is 0 Å². The number of phenolic OH excluding ortho intramolecular Hbond substituents is 1. The van der Waals surface area contributed by atoms with Crippen LogP contribution in [-0.4, -0.2) is 32.3 Å². The number of rotatable bonds is 5. The largest absolute Gasteiger partial charge is 0.507 e. The number of aromatic nitrogens is 3. The number of carbonyl (C=O) groups is 1. The maximum atomic E-state index is 12.0. The summed E-state index contributed by atoms with van der Waals surface area (Å²) in [4.78, 5) is 12.0. The van der Waals surface area contributed by atoms with Crippen molar-refractivity contribution in [2.75, 3.05) is 6.54 Å². The topological polar surface area (TPSA) is 82.9 Å². The van der Waals surface area contributed by atoms with Crippen LogP contribution in [0.1, 0.15) is 36.1 Å². The summed E-state index contributed by atoms with van der Waals surface area (Å²) in [6.45, 7) is 4.46. The summed E-state index contributed by atoms with van der Waals surface area (Å²) in [6.07, 6.45) is 0.560. The Morgan fingerprint density at radius 2 is 2.19 bits per heavy atom. The molecule has 21 heavy (non-hydrogen) atoms. The van der Waals surface area contributed by atoms with Gasteiger partial charge < -0.3 is 15.0 Å². The van der Waals surface area contributed by atoms with E-state index in [1.807, 2.05) is 18.4 Å². The third kappa shape index (κ3) is 3.49. The molecule has 112 valence electrons. The van der Waals surface area contributed by atoms with Crippen molar-refractivity contribution in [2.24, 2.45) is 0 Å². The molecule has 7 heteroatoms. The van der Waals surface area contributed by atoms with Gasteiger partial charge in [-0.25, -0.2) is 0 Å². The molecule has 2 rings (SSSR count). The molecular weight excluding hydrogens is 288 g/mol. The Bertz CT molecular complexity index is 690. The maximum absolute atomic E-state index is 12.0. The molecule has 0 aliphatic heterocycles. The van der Waals surface area contributed by atoms with Crippen LogP contribution < -0.4 is 5.32 Å². The number of para-hydroxylation sites is 1. The summed E-state index contributed by atoms with van der Waals surface area (Å²) in [6, 6.07) is 6.65. The maximum Gasteiger partial charge on any atom is 0.255 e. The molecule has 0 saturated carbocycles. The Morgan fingerprint density at radius 1 is 1.48 bits per heavy atom.